The average Bonchev–Trinajstić information content (AvgIpc) is 3.39. The molecule has 0 saturated heterocycles. The van der Waals surface area contributed by atoms with E-state index in [0.717, 1.165) is 22.4 Å². The summed E-state index contributed by atoms with van der Waals surface area (Å²) in [6, 6.07) is 12.1. The predicted octanol–water partition coefficient (Wildman–Crippen LogP) is 3.92. The van der Waals surface area contributed by atoms with Gasteiger partial charge in [0.25, 0.3) is 20.0 Å². The van der Waals surface area contributed by atoms with Crippen LogP contribution in [0.25, 0.3) is 0 Å². The van der Waals surface area contributed by atoms with Crippen LogP contribution in [0.5, 0.6) is 0 Å². The van der Waals surface area contributed by atoms with Gasteiger partial charge in [-0.25, -0.2) is 16.8 Å². The molecule has 154 valence electrons. The van der Waals surface area contributed by atoms with Crippen LogP contribution < -0.4 is 4.72 Å². The van der Waals surface area contributed by atoms with Gasteiger partial charge in [0.05, 0.1) is 0 Å². The van der Waals surface area contributed by atoms with E-state index in [1.165, 1.54) is 27.0 Å². The molecule has 1 aromatic carbocycles. The zero-order valence-electron chi connectivity index (χ0n) is 15.7. The molecule has 1 aliphatic heterocycles. The molecule has 0 amide bonds. The van der Waals surface area contributed by atoms with E-state index in [1.807, 2.05) is 19.1 Å². The molecule has 4 rings (SSSR count). The summed E-state index contributed by atoms with van der Waals surface area (Å²) in [7, 11) is -7.21. The lowest BCUT2D eigenvalue weighted by Crippen LogP contribution is -2.35. The van der Waals surface area contributed by atoms with Gasteiger partial charge in [-0.2, -0.15) is 4.31 Å². The van der Waals surface area contributed by atoms with Gasteiger partial charge in [-0.15, -0.1) is 22.7 Å². The Morgan fingerprint density at radius 1 is 1.03 bits per heavy atom. The van der Waals surface area contributed by atoms with Crippen molar-refractivity contribution in [2.24, 2.45) is 0 Å². The molecule has 0 aliphatic carbocycles. The van der Waals surface area contributed by atoms with E-state index in [9.17, 15) is 16.8 Å². The van der Waals surface area contributed by atoms with Crippen LogP contribution in [0.4, 0.5) is 5.69 Å². The van der Waals surface area contributed by atoms with Crippen LogP contribution in [0.3, 0.4) is 0 Å². The Bertz CT molecular complexity index is 1230. The van der Waals surface area contributed by atoms with Gasteiger partial charge in [-0.05, 0) is 59.7 Å². The second kappa shape index (κ2) is 7.84. The normalized spacial score (nSPS) is 15.2. The number of hydrogen-bond donors (Lipinski definition) is 1. The maximum atomic E-state index is 12.8. The van der Waals surface area contributed by atoms with Crippen molar-refractivity contribution >= 4 is 48.4 Å². The fourth-order valence-electron chi connectivity index (χ4n) is 3.24. The first-order valence-electron chi connectivity index (χ1n) is 9.06. The number of anilines is 1. The summed E-state index contributed by atoms with van der Waals surface area (Å²) < 4.78 is 55.6. The van der Waals surface area contributed by atoms with Gasteiger partial charge < -0.3 is 0 Å². The number of fused-ring (bicyclic) bond motifs is 1. The van der Waals surface area contributed by atoms with Crippen molar-refractivity contribution < 1.29 is 16.8 Å². The first kappa shape index (κ1) is 20.5. The Labute approximate surface area is 178 Å². The molecular weight excluding hydrogens is 448 g/mol. The third-order valence-electron chi connectivity index (χ3n) is 4.78. The molecule has 29 heavy (non-hydrogen) atoms. The molecule has 0 radical (unpaired) electrons. The highest BCUT2D eigenvalue weighted by atomic mass is 32.3. The van der Waals surface area contributed by atoms with Gasteiger partial charge in [0.1, 0.15) is 8.42 Å². The van der Waals surface area contributed by atoms with E-state index >= 15 is 0 Å². The van der Waals surface area contributed by atoms with Crippen molar-refractivity contribution in [2.75, 3.05) is 11.3 Å². The molecule has 0 bridgehead atoms. The number of sulfonamides is 2. The molecule has 3 heterocycles. The Hall–Kier alpha value is -1.72. The Balaban J connectivity index is 1.58. The highest BCUT2D eigenvalue weighted by Crippen LogP contribution is 2.30. The summed E-state index contributed by atoms with van der Waals surface area (Å²) in [6.45, 7) is 2.62. The lowest BCUT2D eigenvalue weighted by molar-refractivity contribution is 0.392. The van der Waals surface area contributed by atoms with E-state index in [-0.39, 0.29) is 10.8 Å². The topological polar surface area (TPSA) is 83.6 Å². The average molecular weight is 469 g/mol. The van der Waals surface area contributed by atoms with Gasteiger partial charge >= 0.3 is 0 Å². The molecule has 2 aromatic heterocycles. The SMILES string of the molecule is CCc1ccc(S(=O)(=O)Nc2ccc3c(c2)CN(S(=O)(=O)c2cccs2)CC3)s1. The summed E-state index contributed by atoms with van der Waals surface area (Å²) in [5.41, 5.74) is 2.29. The van der Waals surface area contributed by atoms with Gasteiger partial charge in [0.2, 0.25) is 0 Å². The first-order valence-corrected chi connectivity index (χ1v) is 13.7. The number of thiophene rings is 2. The van der Waals surface area contributed by atoms with E-state index in [2.05, 4.69) is 4.72 Å². The Morgan fingerprint density at radius 3 is 2.55 bits per heavy atom. The molecule has 0 saturated carbocycles. The largest absolute Gasteiger partial charge is 0.279 e. The monoisotopic (exact) mass is 468 g/mol. The van der Waals surface area contributed by atoms with E-state index in [1.54, 1.807) is 35.7 Å². The van der Waals surface area contributed by atoms with E-state index in [0.29, 0.717) is 22.9 Å². The lowest BCUT2D eigenvalue weighted by Gasteiger charge is -2.28. The Kier molecular flexibility index (Phi) is 5.56. The van der Waals surface area contributed by atoms with Gasteiger partial charge in [-0.3, -0.25) is 4.72 Å². The minimum atomic E-state index is -3.67. The van der Waals surface area contributed by atoms with Crippen LogP contribution in [0.2, 0.25) is 0 Å². The molecule has 0 unspecified atom stereocenters. The maximum Gasteiger partial charge on any atom is 0.271 e. The van der Waals surface area contributed by atoms with Crippen molar-refractivity contribution in [2.45, 2.75) is 34.7 Å². The number of hydrogen-bond acceptors (Lipinski definition) is 6. The minimum Gasteiger partial charge on any atom is -0.279 e. The molecule has 10 heteroatoms. The van der Waals surface area contributed by atoms with E-state index in [4.69, 9.17) is 0 Å². The highest BCUT2D eigenvalue weighted by Gasteiger charge is 2.29. The molecule has 1 aliphatic rings. The smallest absolute Gasteiger partial charge is 0.271 e. The van der Waals surface area contributed by atoms with Gasteiger partial charge in [-0.1, -0.05) is 19.1 Å². The molecule has 6 nitrogen and oxygen atoms in total. The summed E-state index contributed by atoms with van der Waals surface area (Å²) in [4.78, 5) is 1.00. The summed E-state index contributed by atoms with van der Waals surface area (Å²) in [5, 5.41) is 1.74. The quantitative estimate of drug-likeness (QED) is 0.594. The number of aryl methyl sites for hydroxylation is 1. The Morgan fingerprint density at radius 2 is 1.86 bits per heavy atom. The molecular formula is C19H20N2O4S4. The first-order chi connectivity index (χ1) is 13.8. The fourth-order valence-corrected chi connectivity index (χ4v) is 8.14. The summed E-state index contributed by atoms with van der Waals surface area (Å²) in [6.07, 6.45) is 1.38. The van der Waals surface area contributed by atoms with Crippen molar-refractivity contribution in [3.8, 4) is 0 Å². The summed E-state index contributed by atoms with van der Waals surface area (Å²) >= 11 is 2.45. The maximum absolute atomic E-state index is 12.8. The van der Waals surface area contributed by atoms with Crippen LogP contribution in [0.15, 0.2) is 56.3 Å². The van der Waals surface area contributed by atoms with Gasteiger partial charge in [0, 0.05) is 23.7 Å². The number of benzene rings is 1. The summed E-state index contributed by atoms with van der Waals surface area (Å²) in [5.74, 6) is 0. The van der Waals surface area contributed by atoms with Crippen LogP contribution in [-0.2, 0) is 39.4 Å². The number of rotatable bonds is 6. The zero-order valence-corrected chi connectivity index (χ0v) is 18.9. The molecule has 3 aromatic rings. The van der Waals surface area contributed by atoms with Crippen molar-refractivity contribution in [1.82, 2.24) is 4.31 Å². The minimum absolute atomic E-state index is 0.226. The lowest BCUT2D eigenvalue weighted by atomic mass is 10.0. The van der Waals surface area contributed by atoms with Gasteiger partial charge in [0.15, 0.2) is 0 Å². The number of nitrogens with one attached hydrogen (secondary N) is 1. The van der Waals surface area contributed by atoms with Crippen LogP contribution in [-0.4, -0.2) is 27.7 Å². The highest BCUT2D eigenvalue weighted by molar-refractivity contribution is 7.94. The second-order valence-electron chi connectivity index (χ2n) is 6.68. The zero-order chi connectivity index (χ0) is 20.6. The van der Waals surface area contributed by atoms with Crippen LogP contribution in [0.1, 0.15) is 22.9 Å². The fraction of sp³-hybridized carbons (Fsp3) is 0.263. The van der Waals surface area contributed by atoms with E-state index < -0.39 is 20.0 Å². The second-order valence-corrected chi connectivity index (χ2v) is 12.9. The third-order valence-corrected chi connectivity index (χ3v) is 11.1. The van der Waals surface area contributed by atoms with Crippen LogP contribution >= 0.6 is 22.7 Å². The molecule has 1 N–H and O–H groups in total. The molecule has 0 fully saturated rings. The predicted molar refractivity (Wildman–Crippen MR) is 117 cm³/mol. The van der Waals surface area contributed by atoms with Crippen molar-refractivity contribution in [3.05, 3.63) is 63.8 Å². The van der Waals surface area contributed by atoms with Crippen LogP contribution in [0, 0.1) is 0 Å². The standard InChI is InChI=1S/C19H20N2O4S4/c1-2-17-7-8-19(27-17)28(22,23)20-16-6-5-14-9-10-21(13-15(14)12-16)29(24,25)18-4-3-11-26-18/h3-8,11-12,20H,2,9-10,13H2,1H3. The molecule has 0 atom stereocenters. The molecule has 0 spiro atoms. The van der Waals surface area contributed by atoms with Crippen molar-refractivity contribution in [1.29, 1.82) is 0 Å². The third kappa shape index (κ3) is 4.13. The van der Waals surface area contributed by atoms with Crippen molar-refractivity contribution in [3.63, 3.8) is 0 Å². The number of nitrogens with zero attached hydrogens (tertiary/aromatic N) is 1.